The highest BCUT2D eigenvalue weighted by molar-refractivity contribution is 5.86. The largest absolute Gasteiger partial charge is 0.394 e. The Morgan fingerprint density at radius 3 is 2.90 bits per heavy atom. The second kappa shape index (κ2) is 4.38. The van der Waals surface area contributed by atoms with Crippen LogP contribution in [0.5, 0.6) is 0 Å². The minimum absolute atomic E-state index is 0.325. The third-order valence-electron chi connectivity index (χ3n) is 3.73. The van der Waals surface area contributed by atoms with E-state index in [0.29, 0.717) is 16.9 Å². The van der Waals surface area contributed by atoms with Crippen LogP contribution in [-0.4, -0.2) is 54.3 Å². The quantitative estimate of drug-likeness (QED) is 0.556. The number of hydrogen-bond acceptors (Lipinski definition) is 7. The molecule has 1 aliphatic rings. The van der Waals surface area contributed by atoms with Crippen LogP contribution in [0.3, 0.4) is 0 Å². The fourth-order valence-corrected chi connectivity index (χ4v) is 2.57. The third-order valence-corrected chi connectivity index (χ3v) is 3.73. The number of nitrogens with two attached hydrogens (primary N) is 1. The van der Waals surface area contributed by atoms with Crippen molar-refractivity contribution in [2.45, 2.75) is 31.0 Å². The van der Waals surface area contributed by atoms with Gasteiger partial charge < -0.3 is 30.4 Å². The molecule has 4 atom stereocenters. The summed E-state index contributed by atoms with van der Waals surface area (Å²) in [5.74, 6) is 0.325. The predicted molar refractivity (Wildman–Crippen MR) is 69.6 cm³/mol. The Labute approximate surface area is 114 Å². The minimum atomic E-state index is -1.56. The summed E-state index contributed by atoms with van der Waals surface area (Å²) in [5.41, 5.74) is 4.70. The molecule has 0 aliphatic carbocycles. The molecule has 2 aromatic heterocycles. The lowest BCUT2D eigenvalue weighted by Gasteiger charge is -2.27. The number of ether oxygens (including phenoxy) is 1. The van der Waals surface area contributed by atoms with Gasteiger partial charge in [-0.1, -0.05) is 0 Å². The van der Waals surface area contributed by atoms with Gasteiger partial charge in [-0.2, -0.15) is 0 Å². The summed E-state index contributed by atoms with van der Waals surface area (Å²) in [5, 5.41) is 30.3. The van der Waals surface area contributed by atoms with Crippen molar-refractivity contribution in [3.05, 3.63) is 18.6 Å². The van der Waals surface area contributed by atoms with E-state index in [1.54, 1.807) is 16.8 Å². The van der Waals surface area contributed by atoms with Crippen LogP contribution in [0.15, 0.2) is 18.6 Å². The highest BCUT2D eigenvalue weighted by Gasteiger charge is 2.53. The van der Waals surface area contributed by atoms with Crippen LogP contribution in [0, 0.1) is 0 Å². The van der Waals surface area contributed by atoms with Crippen LogP contribution in [0.2, 0.25) is 0 Å². The Morgan fingerprint density at radius 2 is 2.25 bits per heavy atom. The lowest BCUT2D eigenvalue weighted by molar-refractivity contribution is -0.0948. The number of fused-ring (bicyclic) bond motifs is 1. The zero-order chi connectivity index (χ0) is 14.5. The van der Waals surface area contributed by atoms with Crippen LogP contribution < -0.4 is 5.73 Å². The highest BCUT2D eigenvalue weighted by Crippen LogP contribution is 2.39. The zero-order valence-electron chi connectivity index (χ0n) is 10.8. The molecule has 0 spiro atoms. The Bertz CT molecular complexity index is 641. The van der Waals surface area contributed by atoms with Gasteiger partial charge in [-0.05, 0) is 13.0 Å². The van der Waals surface area contributed by atoms with E-state index in [4.69, 9.17) is 10.5 Å². The van der Waals surface area contributed by atoms with Crippen LogP contribution in [-0.2, 0) is 4.74 Å². The van der Waals surface area contributed by atoms with Gasteiger partial charge in [0.05, 0.1) is 12.0 Å². The number of anilines is 1. The van der Waals surface area contributed by atoms with Gasteiger partial charge in [-0.3, -0.25) is 0 Å². The molecule has 5 N–H and O–H groups in total. The zero-order valence-corrected chi connectivity index (χ0v) is 10.8. The molecular weight excluding hydrogens is 264 g/mol. The average molecular weight is 280 g/mol. The Kier molecular flexibility index (Phi) is 2.91. The normalized spacial score (nSPS) is 33.9. The number of aliphatic hydroxyl groups is 3. The SMILES string of the molecule is C[C@@]1(O)[C@H](O)[C@@H](CO)O[C@@H]1n1ccc2c(N)ncnc21. The summed E-state index contributed by atoms with van der Waals surface area (Å²) in [6.07, 6.45) is 0.0428. The summed E-state index contributed by atoms with van der Waals surface area (Å²) in [6.45, 7) is 1.07. The average Bonchev–Trinajstić information content (AvgIpc) is 2.92. The van der Waals surface area contributed by atoms with Gasteiger partial charge in [-0.15, -0.1) is 0 Å². The molecule has 0 saturated carbocycles. The molecule has 0 radical (unpaired) electrons. The van der Waals surface area contributed by atoms with Crippen molar-refractivity contribution in [3.8, 4) is 0 Å². The number of rotatable bonds is 2. The van der Waals surface area contributed by atoms with Crippen LogP contribution in [0.1, 0.15) is 13.2 Å². The molecule has 8 heteroatoms. The van der Waals surface area contributed by atoms with Gasteiger partial charge in [0.15, 0.2) is 6.23 Å². The van der Waals surface area contributed by atoms with E-state index in [2.05, 4.69) is 9.97 Å². The molecule has 20 heavy (non-hydrogen) atoms. The number of nitrogen functional groups attached to an aromatic ring is 1. The number of nitrogens with zero attached hydrogens (tertiary/aromatic N) is 3. The van der Waals surface area contributed by atoms with Crippen LogP contribution >= 0.6 is 0 Å². The molecule has 3 rings (SSSR count). The summed E-state index contributed by atoms with van der Waals surface area (Å²) in [6, 6.07) is 1.71. The molecule has 3 heterocycles. The molecule has 8 nitrogen and oxygen atoms in total. The molecular formula is C12H16N4O4. The van der Waals surface area contributed by atoms with E-state index in [1.165, 1.54) is 13.3 Å². The first-order chi connectivity index (χ1) is 9.46. The van der Waals surface area contributed by atoms with Crippen molar-refractivity contribution < 1.29 is 20.1 Å². The molecule has 108 valence electrons. The van der Waals surface area contributed by atoms with Crippen LogP contribution in [0.25, 0.3) is 11.0 Å². The Morgan fingerprint density at radius 1 is 1.50 bits per heavy atom. The topological polar surface area (TPSA) is 127 Å². The van der Waals surface area contributed by atoms with E-state index in [0.717, 1.165) is 0 Å². The van der Waals surface area contributed by atoms with Crippen molar-refractivity contribution >= 4 is 16.9 Å². The molecule has 2 aromatic rings. The van der Waals surface area contributed by atoms with E-state index < -0.39 is 24.0 Å². The number of aliphatic hydroxyl groups excluding tert-OH is 2. The molecule has 0 aromatic carbocycles. The fourth-order valence-electron chi connectivity index (χ4n) is 2.57. The Balaban J connectivity index is 2.10. The third kappa shape index (κ3) is 1.70. The van der Waals surface area contributed by atoms with Crippen molar-refractivity contribution in [1.29, 1.82) is 0 Å². The molecule has 0 amide bonds. The lowest BCUT2D eigenvalue weighted by atomic mass is 9.96. The standard InChI is InChI=1S/C12H16N4O4/c1-12(19)8(18)7(4-17)20-11(12)16-3-2-6-9(13)14-5-15-10(6)16/h2-3,5,7-8,11,17-19H,4H2,1H3,(H2,13,14,15)/t7-,8-,11+,12-/m1/s1. The number of hydrogen-bond donors (Lipinski definition) is 4. The monoisotopic (exact) mass is 280 g/mol. The van der Waals surface area contributed by atoms with E-state index in [9.17, 15) is 15.3 Å². The Hall–Kier alpha value is -1.74. The highest BCUT2D eigenvalue weighted by atomic mass is 16.6. The minimum Gasteiger partial charge on any atom is -0.394 e. The first kappa shape index (κ1) is 13.3. The first-order valence-electron chi connectivity index (χ1n) is 6.20. The summed E-state index contributed by atoms with van der Waals surface area (Å²) < 4.78 is 7.12. The van der Waals surface area contributed by atoms with Gasteiger partial charge in [0.1, 0.15) is 35.6 Å². The lowest BCUT2D eigenvalue weighted by Crippen LogP contribution is -2.44. The molecule has 1 aliphatic heterocycles. The molecule has 1 saturated heterocycles. The van der Waals surface area contributed by atoms with Crippen molar-refractivity contribution in [3.63, 3.8) is 0 Å². The van der Waals surface area contributed by atoms with E-state index in [1.807, 2.05) is 0 Å². The maximum Gasteiger partial charge on any atom is 0.167 e. The maximum absolute atomic E-state index is 10.4. The van der Waals surface area contributed by atoms with Gasteiger partial charge in [0.2, 0.25) is 0 Å². The van der Waals surface area contributed by atoms with Crippen molar-refractivity contribution in [1.82, 2.24) is 14.5 Å². The summed E-state index contributed by atoms with van der Waals surface area (Å²) >= 11 is 0. The van der Waals surface area contributed by atoms with Gasteiger partial charge in [0, 0.05) is 6.20 Å². The molecule has 0 unspecified atom stereocenters. The molecule has 1 fully saturated rings. The second-order valence-electron chi connectivity index (χ2n) is 5.10. The number of aromatic nitrogens is 3. The molecule has 0 bridgehead atoms. The second-order valence-corrected chi connectivity index (χ2v) is 5.10. The van der Waals surface area contributed by atoms with Crippen molar-refractivity contribution in [2.24, 2.45) is 0 Å². The van der Waals surface area contributed by atoms with Crippen molar-refractivity contribution in [2.75, 3.05) is 12.3 Å². The predicted octanol–water partition coefficient (Wildman–Crippen LogP) is -0.985. The fraction of sp³-hybridized carbons (Fsp3) is 0.500. The van der Waals surface area contributed by atoms with Gasteiger partial charge in [-0.25, -0.2) is 9.97 Å². The van der Waals surface area contributed by atoms with E-state index in [-0.39, 0.29) is 6.61 Å². The first-order valence-corrected chi connectivity index (χ1v) is 6.20. The maximum atomic E-state index is 10.4. The van der Waals surface area contributed by atoms with Gasteiger partial charge >= 0.3 is 0 Å². The summed E-state index contributed by atoms with van der Waals surface area (Å²) in [7, 11) is 0. The smallest absolute Gasteiger partial charge is 0.167 e. The van der Waals surface area contributed by atoms with Crippen LogP contribution in [0.4, 0.5) is 5.82 Å². The summed E-state index contributed by atoms with van der Waals surface area (Å²) in [4.78, 5) is 8.01. The van der Waals surface area contributed by atoms with E-state index >= 15 is 0 Å². The van der Waals surface area contributed by atoms with Gasteiger partial charge in [0.25, 0.3) is 0 Å².